The van der Waals surface area contributed by atoms with Crippen LogP contribution in [-0.2, 0) is 0 Å². The number of imidazole rings is 1. The largest absolute Gasteiger partial charge is 0.365 e. The Hall–Kier alpha value is -4.27. The van der Waals surface area contributed by atoms with E-state index in [2.05, 4.69) is 5.32 Å². The molecule has 0 aliphatic carbocycles. The van der Waals surface area contributed by atoms with Gasteiger partial charge in [0.05, 0.1) is 21.7 Å². The fourth-order valence-electron chi connectivity index (χ4n) is 3.92. The van der Waals surface area contributed by atoms with E-state index in [1.165, 1.54) is 6.07 Å². The van der Waals surface area contributed by atoms with Gasteiger partial charge in [-0.15, -0.1) is 0 Å². The summed E-state index contributed by atoms with van der Waals surface area (Å²) in [6.07, 6.45) is 1.72. The summed E-state index contributed by atoms with van der Waals surface area (Å²) >= 11 is 0. The number of benzene rings is 2. The lowest BCUT2D eigenvalue weighted by molar-refractivity contribution is -0.384. The summed E-state index contributed by atoms with van der Waals surface area (Å²) in [5.41, 5.74) is 4.11. The van der Waals surface area contributed by atoms with E-state index >= 15 is 0 Å². The molecule has 0 atom stereocenters. The van der Waals surface area contributed by atoms with Gasteiger partial charge in [0.15, 0.2) is 11.3 Å². The number of fused-ring (bicyclic) bond motifs is 3. The maximum Gasteiger partial charge on any atom is 0.270 e. The fourth-order valence-corrected chi connectivity index (χ4v) is 3.92. The van der Waals surface area contributed by atoms with Gasteiger partial charge in [0.1, 0.15) is 17.8 Å². The quantitative estimate of drug-likeness (QED) is 0.305. The van der Waals surface area contributed by atoms with Crippen molar-refractivity contribution in [2.24, 2.45) is 0 Å². The van der Waals surface area contributed by atoms with Crippen molar-refractivity contribution in [1.29, 1.82) is 0 Å². The Bertz CT molecular complexity index is 1510. The first kappa shape index (κ1) is 20.6. The number of hydrogen-bond donors (Lipinski definition) is 1. The van der Waals surface area contributed by atoms with Crippen LogP contribution < -0.4 is 5.32 Å². The number of nitrogens with zero attached hydrogens (tertiary/aromatic N) is 6. The van der Waals surface area contributed by atoms with Crippen molar-refractivity contribution in [3.05, 3.63) is 76.7 Å². The molecule has 5 aromatic rings. The summed E-state index contributed by atoms with van der Waals surface area (Å²) in [6, 6.07) is 16.3. The molecule has 1 N–H and O–H groups in total. The summed E-state index contributed by atoms with van der Waals surface area (Å²) in [5, 5.41) is 20.4. The van der Waals surface area contributed by atoms with Crippen molar-refractivity contribution in [2.75, 3.05) is 5.32 Å². The highest BCUT2D eigenvalue weighted by Crippen LogP contribution is 2.35. The summed E-state index contributed by atoms with van der Waals surface area (Å²) in [6.45, 7) is 8.08. The predicted octanol–water partition coefficient (Wildman–Crippen LogP) is 5.16. The highest BCUT2D eigenvalue weighted by molar-refractivity contribution is 5.95. The number of aromatic nitrogens is 5. The maximum absolute atomic E-state index is 11.4. The van der Waals surface area contributed by atoms with Gasteiger partial charge in [0, 0.05) is 23.2 Å². The van der Waals surface area contributed by atoms with Crippen molar-refractivity contribution in [3.8, 4) is 16.9 Å². The number of nitro groups is 1. The SMILES string of the molecule is Cc1nn(-c2ccccc2)c2ncn3c(NC(C)(C)C)c(-c4cccc([N+](=O)[O-])c4)nc3c12. The lowest BCUT2D eigenvalue weighted by Gasteiger charge is -2.22. The normalized spacial score (nSPS) is 11.9. The van der Waals surface area contributed by atoms with Crippen molar-refractivity contribution in [3.63, 3.8) is 0 Å². The molecule has 3 heterocycles. The molecule has 5 rings (SSSR count). The number of para-hydroxylation sites is 1. The van der Waals surface area contributed by atoms with E-state index in [1.54, 1.807) is 18.5 Å². The Labute approximate surface area is 189 Å². The van der Waals surface area contributed by atoms with E-state index in [-0.39, 0.29) is 11.2 Å². The van der Waals surface area contributed by atoms with Gasteiger partial charge in [-0.1, -0.05) is 30.3 Å². The minimum absolute atomic E-state index is 0.0163. The van der Waals surface area contributed by atoms with Crippen LogP contribution in [0.5, 0.6) is 0 Å². The minimum Gasteiger partial charge on any atom is -0.365 e. The van der Waals surface area contributed by atoms with Gasteiger partial charge >= 0.3 is 0 Å². The van der Waals surface area contributed by atoms with E-state index in [9.17, 15) is 10.1 Å². The maximum atomic E-state index is 11.4. The molecule has 0 saturated heterocycles. The number of hydrogen-bond acceptors (Lipinski definition) is 6. The van der Waals surface area contributed by atoms with Crippen LogP contribution >= 0.6 is 0 Å². The Balaban J connectivity index is 1.81. The van der Waals surface area contributed by atoms with E-state index in [0.29, 0.717) is 22.6 Å². The molecule has 0 bridgehead atoms. The molecule has 0 saturated carbocycles. The molecular weight excluding hydrogens is 418 g/mol. The summed E-state index contributed by atoms with van der Waals surface area (Å²) in [4.78, 5) is 20.6. The van der Waals surface area contributed by atoms with Gasteiger partial charge in [0.2, 0.25) is 0 Å². The number of non-ortho nitro benzene ring substituents is 1. The molecule has 0 unspecified atom stereocenters. The first-order chi connectivity index (χ1) is 15.7. The third-order valence-corrected chi connectivity index (χ3v) is 5.29. The molecule has 2 aromatic carbocycles. The van der Waals surface area contributed by atoms with Crippen LogP contribution in [0.4, 0.5) is 11.5 Å². The predicted molar refractivity (Wildman–Crippen MR) is 128 cm³/mol. The topological polar surface area (TPSA) is 103 Å². The Morgan fingerprint density at radius 3 is 2.48 bits per heavy atom. The second kappa shape index (κ2) is 7.40. The van der Waals surface area contributed by atoms with Crippen molar-refractivity contribution >= 4 is 28.2 Å². The first-order valence-electron chi connectivity index (χ1n) is 10.6. The number of rotatable bonds is 4. The molecule has 0 aliphatic rings. The van der Waals surface area contributed by atoms with Crippen molar-refractivity contribution < 1.29 is 4.92 Å². The van der Waals surface area contributed by atoms with Gasteiger partial charge in [-0.25, -0.2) is 14.6 Å². The molecule has 3 aromatic heterocycles. The summed E-state index contributed by atoms with van der Waals surface area (Å²) < 4.78 is 3.70. The minimum atomic E-state index is -0.399. The molecule has 0 radical (unpaired) electrons. The third kappa shape index (κ3) is 3.57. The van der Waals surface area contributed by atoms with Crippen LogP contribution in [-0.4, -0.2) is 34.6 Å². The second-order valence-corrected chi connectivity index (χ2v) is 8.96. The molecule has 9 heteroatoms. The van der Waals surface area contributed by atoms with E-state index in [0.717, 1.165) is 22.6 Å². The molecule has 166 valence electrons. The van der Waals surface area contributed by atoms with E-state index in [1.807, 2.05) is 73.2 Å². The van der Waals surface area contributed by atoms with Gasteiger partial charge in [-0.05, 0) is 39.8 Å². The highest BCUT2D eigenvalue weighted by atomic mass is 16.6. The van der Waals surface area contributed by atoms with Gasteiger partial charge in [0.25, 0.3) is 5.69 Å². The van der Waals surface area contributed by atoms with Gasteiger partial charge in [-0.3, -0.25) is 14.5 Å². The second-order valence-electron chi connectivity index (χ2n) is 8.96. The van der Waals surface area contributed by atoms with Crippen molar-refractivity contribution in [2.45, 2.75) is 33.2 Å². The van der Waals surface area contributed by atoms with Gasteiger partial charge < -0.3 is 5.32 Å². The zero-order valence-corrected chi connectivity index (χ0v) is 18.8. The van der Waals surface area contributed by atoms with Crippen LogP contribution in [0.3, 0.4) is 0 Å². The highest BCUT2D eigenvalue weighted by Gasteiger charge is 2.24. The smallest absolute Gasteiger partial charge is 0.270 e. The molecule has 0 fully saturated rings. The Morgan fingerprint density at radius 2 is 1.79 bits per heavy atom. The molecule has 33 heavy (non-hydrogen) atoms. The number of anilines is 1. The van der Waals surface area contributed by atoms with Crippen LogP contribution in [0.25, 0.3) is 33.6 Å². The average Bonchev–Trinajstić information content (AvgIpc) is 3.31. The van der Waals surface area contributed by atoms with E-state index < -0.39 is 4.92 Å². The summed E-state index contributed by atoms with van der Waals surface area (Å²) in [7, 11) is 0. The zero-order chi connectivity index (χ0) is 23.3. The number of nitro benzene ring substituents is 1. The molecule has 0 spiro atoms. The number of aryl methyl sites for hydroxylation is 1. The summed E-state index contributed by atoms with van der Waals surface area (Å²) in [5.74, 6) is 0.722. The molecule has 0 aliphatic heterocycles. The first-order valence-corrected chi connectivity index (χ1v) is 10.6. The average molecular weight is 441 g/mol. The third-order valence-electron chi connectivity index (χ3n) is 5.29. The zero-order valence-electron chi connectivity index (χ0n) is 18.8. The van der Waals surface area contributed by atoms with Crippen LogP contribution in [0.2, 0.25) is 0 Å². The van der Waals surface area contributed by atoms with Crippen molar-refractivity contribution in [1.82, 2.24) is 24.1 Å². The van der Waals surface area contributed by atoms with Crippen LogP contribution in [0, 0.1) is 17.0 Å². The standard InChI is InChI=1S/C24H23N7O2/c1-15-19-21(30(28-15)17-10-6-5-7-11-17)25-14-29-22(19)26-20(23(29)27-24(2,3)4)16-9-8-12-18(13-16)31(32)33/h5-14,27H,1-4H3. The van der Waals surface area contributed by atoms with Crippen LogP contribution in [0.15, 0.2) is 60.9 Å². The Kier molecular flexibility index (Phi) is 4.63. The number of nitrogens with one attached hydrogen (secondary N) is 1. The Morgan fingerprint density at radius 1 is 1.03 bits per heavy atom. The fraction of sp³-hybridized carbons (Fsp3) is 0.208. The monoisotopic (exact) mass is 441 g/mol. The molecular formula is C24H23N7O2. The van der Waals surface area contributed by atoms with Crippen LogP contribution in [0.1, 0.15) is 26.5 Å². The van der Waals surface area contributed by atoms with E-state index in [4.69, 9.17) is 15.1 Å². The molecule has 9 nitrogen and oxygen atoms in total. The lowest BCUT2D eigenvalue weighted by atomic mass is 10.1. The van der Waals surface area contributed by atoms with Gasteiger partial charge in [-0.2, -0.15) is 5.10 Å². The lowest BCUT2D eigenvalue weighted by Crippen LogP contribution is -2.27. The molecule has 0 amide bonds.